The van der Waals surface area contributed by atoms with Crippen LogP contribution < -0.4 is 9.61 Å². The average molecular weight is 554 g/mol. The molecule has 8 atom stereocenters. The van der Waals surface area contributed by atoms with Gasteiger partial charge in [-0.05, 0) is 68.1 Å². The Hall–Kier alpha value is -2.59. The molecule has 8 nitrogen and oxygen atoms in total. The molecular weight excluding hydrogens is 522 g/mol. The molecular formula is C28H31N3O5S2. The van der Waals surface area contributed by atoms with Gasteiger partial charge in [-0.2, -0.15) is 0 Å². The highest BCUT2D eigenvalue weighted by Gasteiger charge is 2.70. The van der Waals surface area contributed by atoms with Crippen LogP contribution in [0.4, 0.5) is 0 Å². The van der Waals surface area contributed by atoms with Gasteiger partial charge in [0, 0.05) is 29.1 Å². The van der Waals surface area contributed by atoms with Crippen LogP contribution in [0, 0.1) is 29.6 Å². The molecule has 4 fully saturated rings. The third-order valence-corrected chi connectivity index (χ3v) is 12.2. The number of nitrogens with one attached hydrogen (secondary N) is 1. The van der Waals surface area contributed by atoms with Crippen molar-refractivity contribution in [2.45, 2.75) is 54.8 Å². The van der Waals surface area contributed by atoms with E-state index >= 15 is 0 Å². The number of H-pyrrole nitrogens is 1. The Morgan fingerprint density at radius 2 is 1.71 bits per heavy atom. The summed E-state index contributed by atoms with van der Waals surface area (Å²) in [4.78, 5) is 60.6. The van der Waals surface area contributed by atoms with Crippen molar-refractivity contribution in [3.05, 3.63) is 44.4 Å². The molecule has 2 aliphatic carbocycles. The molecule has 7 rings (SSSR count). The van der Waals surface area contributed by atoms with Crippen molar-refractivity contribution in [1.82, 2.24) is 14.8 Å². The monoisotopic (exact) mass is 553 g/mol. The number of fused-ring (bicyclic) bond motifs is 9. The first-order valence-electron chi connectivity index (χ1n) is 13.6. The van der Waals surface area contributed by atoms with Crippen molar-refractivity contribution in [2.24, 2.45) is 29.6 Å². The zero-order valence-corrected chi connectivity index (χ0v) is 23.1. The molecule has 1 N–H and O–H groups in total. The lowest BCUT2D eigenvalue weighted by atomic mass is 9.68. The topological polar surface area (TPSA) is 99.8 Å². The molecule has 5 aliphatic rings. The number of hydrogen-bond donors (Lipinski definition) is 1. The standard InChI is InChI=1S/C28H31N3O5S2/c1-13(25(32)30-10-4-3-5-11-30)31-26(33)20-16-12-17(21(20)27(31)34)22-19(16)18(14-6-8-15(36-2)9-7-14)23-24(37-22)29-28(35)38-23/h6-9,13,16-22H,3-5,10-12H2,1-2H3,(H,29,35). The maximum absolute atomic E-state index is 13.9. The number of amides is 3. The van der Waals surface area contributed by atoms with Crippen molar-refractivity contribution in [3.63, 3.8) is 0 Å². The molecule has 8 unspecified atom stereocenters. The maximum Gasteiger partial charge on any atom is 0.305 e. The molecule has 1 aromatic heterocycles. The lowest BCUT2D eigenvalue weighted by Crippen LogP contribution is -2.51. The van der Waals surface area contributed by atoms with Crippen molar-refractivity contribution in [1.29, 1.82) is 0 Å². The van der Waals surface area contributed by atoms with Gasteiger partial charge in [-0.25, -0.2) is 0 Å². The summed E-state index contributed by atoms with van der Waals surface area (Å²) in [5.74, 6) is -0.230. The second kappa shape index (κ2) is 8.98. The number of carbonyl (C=O) groups excluding carboxylic acids is 3. The van der Waals surface area contributed by atoms with Crippen LogP contribution in [0.25, 0.3) is 0 Å². The van der Waals surface area contributed by atoms with Gasteiger partial charge in [0.25, 0.3) is 0 Å². The van der Waals surface area contributed by atoms with Gasteiger partial charge in [0.1, 0.15) is 11.8 Å². The summed E-state index contributed by atoms with van der Waals surface area (Å²) in [5, 5.41) is 1.03. The lowest BCUT2D eigenvalue weighted by Gasteiger charge is -2.43. The Kier molecular flexibility index (Phi) is 5.78. The molecule has 0 spiro atoms. The number of aromatic amines is 1. The lowest BCUT2D eigenvalue weighted by molar-refractivity contribution is -0.152. The highest BCUT2D eigenvalue weighted by atomic mass is 32.2. The first-order valence-corrected chi connectivity index (χ1v) is 15.3. The van der Waals surface area contributed by atoms with Gasteiger partial charge in [0.05, 0.1) is 24.0 Å². The number of carbonyl (C=O) groups is 3. The molecule has 38 heavy (non-hydrogen) atoms. The van der Waals surface area contributed by atoms with Crippen molar-refractivity contribution < 1.29 is 19.1 Å². The summed E-state index contributed by atoms with van der Waals surface area (Å²) in [6.45, 7) is 3.12. The molecule has 10 heteroatoms. The van der Waals surface area contributed by atoms with Gasteiger partial charge in [-0.15, -0.1) is 11.8 Å². The molecule has 1 aromatic carbocycles. The molecule has 3 amide bonds. The Balaban J connectivity index is 1.23. The normalized spacial score (nSPS) is 34.2. The van der Waals surface area contributed by atoms with E-state index in [1.54, 1.807) is 25.8 Å². The van der Waals surface area contributed by atoms with E-state index in [2.05, 4.69) is 17.1 Å². The molecule has 2 saturated heterocycles. The Labute approximate surface area is 229 Å². The number of rotatable bonds is 4. The van der Waals surface area contributed by atoms with Crippen LogP contribution in [-0.4, -0.2) is 64.0 Å². The summed E-state index contributed by atoms with van der Waals surface area (Å²) in [6.07, 6.45) is 3.88. The summed E-state index contributed by atoms with van der Waals surface area (Å²) in [5.41, 5.74) is 1.10. The summed E-state index contributed by atoms with van der Waals surface area (Å²) >= 11 is 2.94. The third kappa shape index (κ3) is 3.41. The Bertz CT molecular complexity index is 1360. The Morgan fingerprint density at radius 1 is 1.03 bits per heavy atom. The van der Waals surface area contributed by atoms with E-state index in [4.69, 9.17) is 4.74 Å². The molecule has 2 aromatic rings. The molecule has 0 radical (unpaired) electrons. The first-order chi connectivity index (χ1) is 18.4. The predicted octanol–water partition coefficient (Wildman–Crippen LogP) is 3.32. The van der Waals surface area contributed by atoms with Crippen molar-refractivity contribution in [3.8, 4) is 5.75 Å². The van der Waals surface area contributed by atoms with E-state index in [1.807, 2.05) is 17.0 Å². The fourth-order valence-electron chi connectivity index (χ4n) is 8.10. The number of nitrogens with zero attached hydrogens (tertiary/aromatic N) is 2. The second-order valence-corrected chi connectivity index (χ2v) is 13.5. The summed E-state index contributed by atoms with van der Waals surface area (Å²) in [7, 11) is 1.64. The van der Waals surface area contributed by atoms with Crippen LogP contribution in [0.15, 0.2) is 34.1 Å². The van der Waals surface area contributed by atoms with Gasteiger partial charge in [-0.3, -0.25) is 24.1 Å². The van der Waals surface area contributed by atoms with E-state index in [1.165, 1.54) is 16.2 Å². The molecule has 2 bridgehead atoms. The zero-order chi connectivity index (χ0) is 26.3. The average Bonchev–Trinajstić information content (AvgIpc) is 3.67. The smallest absolute Gasteiger partial charge is 0.305 e. The van der Waals surface area contributed by atoms with Crippen LogP contribution in [0.1, 0.15) is 49.0 Å². The van der Waals surface area contributed by atoms with E-state index in [9.17, 15) is 19.2 Å². The number of methoxy groups -OCH3 is 1. The first kappa shape index (κ1) is 24.5. The maximum atomic E-state index is 13.9. The molecule has 2 saturated carbocycles. The SMILES string of the molecule is COc1ccc(C2c3sc(=O)[nH]c3SC3C4CC(C5C(=O)N(C(C)C(=O)N6CCCCC6)C(=O)C45)C23)cc1. The molecule has 3 aliphatic heterocycles. The van der Waals surface area contributed by atoms with Crippen LogP contribution in [0.2, 0.25) is 0 Å². The van der Waals surface area contributed by atoms with Gasteiger partial charge >= 0.3 is 4.87 Å². The number of ether oxygens (including phenoxy) is 1. The number of imide groups is 1. The Morgan fingerprint density at radius 3 is 2.39 bits per heavy atom. The van der Waals surface area contributed by atoms with E-state index < -0.39 is 6.04 Å². The molecule has 4 heterocycles. The largest absolute Gasteiger partial charge is 0.497 e. The highest BCUT2D eigenvalue weighted by molar-refractivity contribution is 8.00. The minimum Gasteiger partial charge on any atom is -0.497 e. The van der Waals surface area contributed by atoms with Crippen LogP contribution in [0.5, 0.6) is 5.75 Å². The van der Waals surface area contributed by atoms with Gasteiger partial charge in [0.15, 0.2) is 0 Å². The van der Waals surface area contributed by atoms with Crippen LogP contribution in [-0.2, 0) is 14.4 Å². The minimum absolute atomic E-state index is 0.0218. The van der Waals surface area contributed by atoms with Crippen molar-refractivity contribution in [2.75, 3.05) is 20.2 Å². The zero-order valence-electron chi connectivity index (χ0n) is 21.4. The number of likely N-dealkylation sites (tertiary alicyclic amines) is 2. The summed E-state index contributed by atoms with van der Waals surface area (Å²) < 4.78 is 5.37. The number of piperidine rings is 1. The van der Waals surface area contributed by atoms with Gasteiger partial charge < -0.3 is 14.6 Å². The summed E-state index contributed by atoms with van der Waals surface area (Å²) in [6, 6.07) is 7.24. The minimum atomic E-state index is -0.761. The van der Waals surface area contributed by atoms with Crippen LogP contribution in [0.3, 0.4) is 0 Å². The number of benzene rings is 1. The fraction of sp³-hybridized carbons (Fsp3) is 0.571. The molecule has 200 valence electrons. The van der Waals surface area contributed by atoms with Crippen LogP contribution >= 0.6 is 23.1 Å². The van der Waals surface area contributed by atoms with E-state index in [0.717, 1.165) is 46.9 Å². The number of thiazole rings is 1. The van der Waals surface area contributed by atoms with Gasteiger partial charge in [0.2, 0.25) is 17.7 Å². The number of aromatic nitrogens is 1. The number of thioether (sulfide) groups is 1. The van der Waals surface area contributed by atoms with E-state index in [-0.39, 0.29) is 63.4 Å². The fourth-order valence-corrected chi connectivity index (χ4v) is 11.0. The second-order valence-electron chi connectivity index (χ2n) is 11.3. The van der Waals surface area contributed by atoms with E-state index in [0.29, 0.717) is 13.1 Å². The predicted molar refractivity (Wildman–Crippen MR) is 143 cm³/mol. The number of hydrogen-bond acceptors (Lipinski definition) is 7. The van der Waals surface area contributed by atoms with Crippen molar-refractivity contribution >= 4 is 40.8 Å². The third-order valence-electron chi connectivity index (χ3n) is 9.65. The van der Waals surface area contributed by atoms with Gasteiger partial charge in [-0.1, -0.05) is 23.5 Å². The highest BCUT2D eigenvalue weighted by Crippen LogP contribution is 2.68. The quantitative estimate of drug-likeness (QED) is 0.584.